The maximum Gasteiger partial charge on any atom is 0.211 e. The number of hydrogen-bond donors (Lipinski definition) is 3. The molecule has 1 amide bonds. The molecule has 114 valence electrons. The van der Waals surface area contributed by atoms with Crippen LogP contribution in [0.25, 0.3) is 0 Å². The van der Waals surface area contributed by atoms with E-state index in [4.69, 9.17) is 0 Å². The number of aryl methyl sites for hydroxylation is 1. The van der Waals surface area contributed by atoms with E-state index in [0.29, 0.717) is 12.1 Å². The van der Waals surface area contributed by atoms with Crippen LogP contribution >= 0.6 is 0 Å². The maximum atomic E-state index is 10.1. The van der Waals surface area contributed by atoms with Crippen molar-refractivity contribution in [3.8, 4) is 5.75 Å². The van der Waals surface area contributed by atoms with Gasteiger partial charge in [0.2, 0.25) is 6.41 Å². The Morgan fingerprint density at radius 1 is 1.15 bits per heavy atom. The Kier molecular flexibility index (Phi) is 11.5. The summed E-state index contributed by atoms with van der Waals surface area (Å²) in [6, 6.07) is 5.15. The van der Waals surface area contributed by atoms with Crippen molar-refractivity contribution < 1.29 is 9.90 Å². The van der Waals surface area contributed by atoms with Gasteiger partial charge in [-0.1, -0.05) is 33.3 Å². The lowest BCUT2D eigenvalue weighted by molar-refractivity contribution is -0.105. The fourth-order valence-electron chi connectivity index (χ4n) is 1.59. The molecule has 0 atom stereocenters. The number of carbonyl (C=O) groups excluding carboxylic acids is 1. The molecule has 0 bridgehead atoms. The van der Waals surface area contributed by atoms with Crippen molar-refractivity contribution in [3.05, 3.63) is 23.8 Å². The van der Waals surface area contributed by atoms with Crippen LogP contribution in [0.15, 0.2) is 18.2 Å². The molecule has 0 saturated carbocycles. The number of unbranched alkanes of at least 4 members (excludes halogenated alkanes) is 1. The van der Waals surface area contributed by atoms with Crippen LogP contribution in [0, 0.1) is 0 Å². The van der Waals surface area contributed by atoms with Crippen molar-refractivity contribution >= 4 is 12.1 Å². The molecule has 4 heteroatoms. The zero-order chi connectivity index (χ0) is 15.2. The van der Waals surface area contributed by atoms with Crippen molar-refractivity contribution in [2.24, 2.45) is 0 Å². The zero-order valence-corrected chi connectivity index (χ0v) is 12.9. The predicted molar refractivity (Wildman–Crippen MR) is 85.2 cm³/mol. The molecule has 1 aromatic rings. The number of rotatable bonds is 8. The first-order valence-electron chi connectivity index (χ1n) is 7.42. The van der Waals surface area contributed by atoms with E-state index in [9.17, 15) is 9.90 Å². The Bertz CT molecular complexity index is 361. The van der Waals surface area contributed by atoms with Crippen LogP contribution in [0.4, 0.5) is 5.69 Å². The van der Waals surface area contributed by atoms with Crippen molar-refractivity contribution in [3.63, 3.8) is 0 Å². The number of aromatic hydroxyl groups is 1. The van der Waals surface area contributed by atoms with Gasteiger partial charge in [-0.2, -0.15) is 0 Å². The Morgan fingerprint density at radius 2 is 1.90 bits per heavy atom. The molecular formula is C16H28N2O2. The summed E-state index contributed by atoms with van der Waals surface area (Å²) < 4.78 is 0. The Balaban J connectivity index is 0.000000396. The highest BCUT2D eigenvalue weighted by molar-refractivity contribution is 5.75. The minimum atomic E-state index is 0.0966. The summed E-state index contributed by atoms with van der Waals surface area (Å²) in [6.07, 6.45) is 5.31. The van der Waals surface area contributed by atoms with Crippen LogP contribution in [0.2, 0.25) is 0 Å². The normalized spacial score (nSPS) is 9.55. The van der Waals surface area contributed by atoms with Crippen LogP contribution < -0.4 is 10.6 Å². The highest BCUT2D eigenvalue weighted by atomic mass is 16.3. The van der Waals surface area contributed by atoms with Crippen LogP contribution in [0.5, 0.6) is 5.75 Å². The van der Waals surface area contributed by atoms with Crippen molar-refractivity contribution in [2.75, 3.05) is 18.4 Å². The molecule has 0 aromatic heterocycles. The fraction of sp³-hybridized carbons (Fsp3) is 0.562. The van der Waals surface area contributed by atoms with Gasteiger partial charge in [0.15, 0.2) is 0 Å². The van der Waals surface area contributed by atoms with Crippen LogP contribution in [-0.2, 0) is 11.2 Å². The SMILES string of the molecule is CCCCNCCC.CCc1ccc(O)c(NC=O)c1. The molecule has 0 aliphatic heterocycles. The third kappa shape index (κ3) is 8.53. The first-order valence-corrected chi connectivity index (χ1v) is 7.42. The molecule has 0 heterocycles. The van der Waals surface area contributed by atoms with E-state index in [1.807, 2.05) is 13.0 Å². The van der Waals surface area contributed by atoms with Crippen molar-refractivity contribution in [1.29, 1.82) is 0 Å². The highest BCUT2D eigenvalue weighted by Crippen LogP contribution is 2.23. The van der Waals surface area contributed by atoms with Crippen molar-refractivity contribution in [1.82, 2.24) is 5.32 Å². The molecule has 0 aliphatic carbocycles. The average Bonchev–Trinajstić information content (AvgIpc) is 2.47. The minimum Gasteiger partial charge on any atom is -0.506 e. The molecule has 1 rings (SSSR count). The molecule has 1 aromatic carbocycles. The van der Waals surface area contributed by atoms with Gasteiger partial charge < -0.3 is 15.7 Å². The lowest BCUT2D eigenvalue weighted by Crippen LogP contribution is -2.15. The molecule has 0 aliphatic rings. The van der Waals surface area contributed by atoms with E-state index in [1.54, 1.807) is 12.1 Å². The van der Waals surface area contributed by atoms with E-state index < -0.39 is 0 Å². The first kappa shape index (κ1) is 18.4. The van der Waals surface area contributed by atoms with E-state index >= 15 is 0 Å². The van der Waals surface area contributed by atoms with E-state index in [-0.39, 0.29) is 5.75 Å². The van der Waals surface area contributed by atoms with Gasteiger partial charge in [0.25, 0.3) is 0 Å². The lowest BCUT2D eigenvalue weighted by Gasteiger charge is -2.03. The number of carbonyl (C=O) groups is 1. The van der Waals surface area contributed by atoms with Gasteiger partial charge in [-0.05, 0) is 50.0 Å². The van der Waals surface area contributed by atoms with Gasteiger partial charge in [0.1, 0.15) is 5.75 Å². The van der Waals surface area contributed by atoms with Gasteiger partial charge in [0.05, 0.1) is 5.69 Å². The van der Waals surface area contributed by atoms with Crippen LogP contribution in [-0.4, -0.2) is 24.6 Å². The zero-order valence-electron chi connectivity index (χ0n) is 12.9. The predicted octanol–water partition coefficient (Wildman–Crippen LogP) is 3.31. The van der Waals surface area contributed by atoms with Gasteiger partial charge in [0, 0.05) is 0 Å². The first-order chi connectivity index (χ1) is 9.69. The third-order valence-electron chi connectivity index (χ3n) is 2.82. The average molecular weight is 280 g/mol. The number of amides is 1. The van der Waals surface area contributed by atoms with E-state index in [2.05, 4.69) is 24.5 Å². The molecule has 4 nitrogen and oxygen atoms in total. The molecule has 0 fully saturated rings. The summed E-state index contributed by atoms with van der Waals surface area (Å²) in [6.45, 7) is 8.80. The summed E-state index contributed by atoms with van der Waals surface area (Å²) in [4.78, 5) is 10.1. The van der Waals surface area contributed by atoms with E-state index in [0.717, 1.165) is 12.0 Å². The second-order valence-electron chi connectivity index (χ2n) is 4.57. The lowest BCUT2D eigenvalue weighted by atomic mass is 10.1. The number of phenols is 1. The summed E-state index contributed by atoms with van der Waals surface area (Å²) in [5.41, 5.74) is 1.54. The second kappa shape index (κ2) is 12.5. The summed E-state index contributed by atoms with van der Waals surface area (Å²) in [7, 11) is 0. The Hall–Kier alpha value is -1.55. The highest BCUT2D eigenvalue weighted by Gasteiger charge is 1.99. The van der Waals surface area contributed by atoms with Crippen LogP contribution in [0.3, 0.4) is 0 Å². The summed E-state index contributed by atoms with van der Waals surface area (Å²) in [5, 5.41) is 15.0. The van der Waals surface area contributed by atoms with Crippen LogP contribution in [0.1, 0.15) is 45.6 Å². The van der Waals surface area contributed by atoms with Crippen molar-refractivity contribution in [2.45, 2.75) is 46.5 Å². The largest absolute Gasteiger partial charge is 0.506 e. The summed E-state index contributed by atoms with van der Waals surface area (Å²) in [5.74, 6) is 0.0966. The maximum absolute atomic E-state index is 10.1. The minimum absolute atomic E-state index is 0.0966. The molecule has 0 radical (unpaired) electrons. The van der Waals surface area contributed by atoms with Gasteiger partial charge in [-0.3, -0.25) is 4.79 Å². The second-order valence-corrected chi connectivity index (χ2v) is 4.57. The van der Waals surface area contributed by atoms with E-state index in [1.165, 1.54) is 32.4 Å². The molecule has 0 spiro atoms. The molecule has 3 N–H and O–H groups in total. The number of phenolic OH excluding ortho intramolecular Hbond substituents is 1. The van der Waals surface area contributed by atoms with Gasteiger partial charge in [-0.25, -0.2) is 0 Å². The van der Waals surface area contributed by atoms with Gasteiger partial charge >= 0.3 is 0 Å². The molecular weight excluding hydrogens is 252 g/mol. The third-order valence-corrected chi connectivity index (χ3v) is 2.82. The molecule has 0 saturated heterocycles. The number of benzene rings is 1. The number of anilines is 1. The topological polar surface area (TPSA) is 61.4 Å². The monoisotopic (exact) mass is 280 g/mol. The standard InChI is InChI=1S/C9H11NO2.C7H17N/c1-2-7-3-4-9(12)8(5-7)10-6-11;1-3-5-7-8-6-4-2/h3-6,12H,2H2,1H3,(H,10,11);8H,3-7H2,1-2H3. The smallest absolute Gasteiger partial charge is 0.211 e. The van der Waals surface area contributed by atoms with Gasteiger partial charge in [-0.15, -0.1) is 0 Å². The number of hydrogen-bond acceptors (Lipinski definition) is 3. The Labute approximate surface area is 122 Å². The Morgan fingerprint density at radius 3 is 2.45 bits per heavy atom. The molecule has 20 heavy (non-hydrogen) atoms. The number of nitrogens with one attached hydrogen (secondary N) is 2. The fourth-order valence-corrected chi connectivity index (χ4v) is 1.59. The quantitative estimate of drug-likeness (QED) is 0.389. The summed E-state index contributed by atoms with van der Waals surface area (Å²) >= 11 is 0. The molecule has 0 unspecified atom stereocenters.